The van der Waals surface area contributed by atoms with E-state index in [1.54, 1.807) is 0 Å². The summed E-state index contributed by atoms with van der Waals surface area (Å²) in [6.07, 6.45) is 10.0. The monoisotopic (exact) mass is 370 g/mol. The van der Waals surface area contributed by atoms with Gasteiger partial charge in [-0.25, -0.2) is 0 Å². The number of ether oxygens (including phenoxy) is 4. The predicted molar refractivity (Wildman–Crippen MR) is 106 cm³/mol. The first-order valence-corrected chi connectivity index (χ1v) is 12.7. The molecule has 0 rings (SSSR count). The van der Waals surface area contributed by atoms with E-state index in [-0.39, 0.29) is 32.9 Å². The molecule has 0 aromatic rings. The molecule has 0 atom stereocenters. The van der Waals surface area contributed by atoms with Crippen molar-refractivity contribution in [3.63, 3.8) is 0 Å². The van der Waals surface area contributed by atoms with Crippen molar-refractivity contribution in [2.24, 2.45) is 0 Å². The zero-order valence-electron chi connectivity index (χ0n) is 17.4. The minimum atomic E-state index is 0.0180. The fourth-order valence-corrected chi connectivity index (χ4v) is 4.80. The molecule has 0 heterocycles. The van der Waals surface area contributed by atoms with Crippen LogP contribution in [0, 0.1) is 0 Å². The van der Waals surface area contributed by atoms with Gasteiger partial charge in [0.15, 0.2) is 12.6 Å². The van der Waals surface area contributed by atoms with E-state index in [1.165, 1.54) is 47.6 Å². The summed E-state index contributed by atoms with van der Waals surface area (Å²) in [6.45, 7) is 11.1. The molecule has 0 aliphatic rings. The molecule has 0 saturated carbocycles. The Kier molecular flexibility index (Phi) is 21.4. The first kappa shape index (κ1) is 25.6. The Morgan fingerprint density at radius 2 is 0.880 bits per heavy atom. The van der Waals surface area contributed by atoms with Crippen LogP contribution in [0.5, 0.6) is 0 Å². The Morgan fingerprint density at radius 3 is 1.20 bits per heavy atom. The third-order valence-electron chi connectivity index (χ3n) is 4.29. The van der Waals surface area contributed by atoms with Crippen LogP contribution < -0.4 is 0 Å². The first-order chi connectivity index (χ1) is 12.3. The molecular formula is C20H42MgO4. The Morgan fingerprint density at radius 1 is 0.520 bits per heavy atom. The van der Waals surface area contributed by atoms with Gasteiger partial charge in [0, 0.05) is 26.4 Å². The van der Waals surface area contributed by atoms with E-state index in [0.29, 0.717) is 0 Å². The maximum atomic E-state index is 5.58. The standard InChI is InChI=1S/2C10H21O2.Mg/c2*1-4-7-8-9-10(11-5-2)12-6-3;/h2*10H,1,4-9H2,2-3H3;. The smallest absolute Gasteiger partial charge is 0.353 e. The molecule has 0 spiro atoms. The topological polar surface area (TPSA) is 36.9 Å². The van der Waals surface area contributed by atoms with Gasteiger partial charge < -0.3 is 18.9 Å². The second kappa shape index (κ2) is 20.9. The van der Waals surface area contributed by atoms with Crippen LogP contribution in [-0.4, -0.2) is 59.4 Å². The zero-order valence-corrected chi connectivity index (χ0v) is 18.8. The van der Waals surface area contributed by atoms with Crippen molar-refractivity contribution in [2.75, 3.05) is 26.4 Å². The van der Waals surface area contributed by atoms with Gasteiger partial charge >= 0.3 is 20.4 Å². The van der Waals surface area contributed by atoms with Gasteiger partial charge in [-0.15, -0.1) is 9.10 Å². The lowest BCUT2D eigenvalue weighted by atomic mass is 10.2. The van der Waals surface area contributed by atoms with Crippen molar-refractivity contribution < 1.29 is 18.9 Å². The molecule has 0 unspecified atom stereocenters. The van der Waals surface area contributed by atoms with E-state index in [2.05, 4.69) is 0 Å². The summed E-state index contributed by atoms with van der Waals surface area (Å²) < 4.78 is 25.3. The predicted octanol–water partition coefficient (Wildman–Crippen LogP) is 5.45. The van der Waals surface area contributed by atoms with E-state index < -0.39 is 0 Å². The van der Waals surface area contributed by atoms with Crippen LogP contribution in [-0.2, 0) is 18.9 Å². The SMILES string of the molecule is CCOC(CCCC[CH2][Mg][CH2]CCCCC(OCC)OCC)OCC. The molecule has 5 heteroatoms. The van der Waals surface area contributed by atoms with E-state index in [0.717, 1.165) is 39.3 Å². The number of unbranched alkanes of at least 4 members (excludes halogenated alkanes) is 4. The summed E-state index contributed by atoms with van der Waals surface area (Å²) in [7, 11) is 0. The average Bonchev–Trinajstić information content (AvgIpc) is 2.60. The maximum absolute atomic E-state index is 5.58. The van der Waals surface area contributed by atoms with Crippen molar-refractivity contribution in [2.45, 2.75) is 101 Å². The minimum absolute atomic E-state index is 0.0180. The normalized spacial score (nSPS) is 11.4. The van der Waals surface area contributed by atoms with Crippen molar-refractivity contribution in [3.05, 3.63) is 0 Å². The Labute approximate surface area is 166 Å². The molecule has 0 aromatic heterocycles. The summed E-state index contributed by atoms with van der Waals surface area (Å²) >= 11 is 0.153. The van der Waals surface area contributed by atoms with E-state index in [1.807, 2.05) is 27.7 Å². The van der Waals surface area contributed by atoms with Crippen molar-refractivity contribution in [1.29, 1.82) is 0 Å². The van der Waals surface area contributed by atoms with Crippen LogP contribution in [0.4, 0.5) is 0 Å². The highest BCUT2D eigenvalue weighted by molar-refractivity contribution is 6.35. The van der Waals surface area contributed by atoms with Crippen LogP contribution in [0.25, 0.3) is 0 Å². The van der Waals surface area contributed by atoms with Gasteiger partial charge in [-0.2, -0.15) is 0 Å². The number of hydrogen-bond donors (Lipinski definition) is 0. The Hall–Kier alpha value is 0.606. The molecule has 0 N–H and O–H groups in total. The van der Waals surface area contributed by atoms with Crippen LogP contribution in [0.3, 0.4) is 0 Å². The van der Waals surface area contributed by atoms with Crippen LogP contribution in [0.15, 0.2) is 0 Å². The van der Waals surface area contributed by atoms with Crippen LogP contribution >= 0.6 is 0 Å². The lowest BCUT2D eigenvalue weighted by Crippen LogP contribution is -2.17. The van der Waals surface area contributed by atoms with Gasteiger partial charge in [0.1, 0.15) is 0 Å². The summed E-state index contributed by atoms with van der Waals surface area (Å²) in [6, 6.07) is 0. The summed E-state index contributed by atoms with van der Waals surface area (Å²) in [5.41, 5.74) is 0. The molecule has 0 aromatic carbocycles. The lowest BCUT2D eigenvalue weighted by molar-refractivity contribution is -0.140. The first-order valence-electron chi connectivity index (χ1n) is 10.7. The second-order valence-corrected chi connectivity index (χ2v) is 8.56. The highest BCUT2D eigenvalue weighted by Gasteiger charge is 2.08. The molecule has 0 radical (unpaired) electrons. The molecule has 0 aliphatic carbocycles. The third kappa shape index (κ3) is 17.8. The van der Waals surface area contributed by atoms with Gasteiger partial charge in [-0.1, -0.05) is 25.7 Å². The molecule has 4 nitrogen and oxygen atoms in total. The second-order valence-electron chi connectivity index (χ2n) is 6.44. The maximum Gasteiger partial charge on any atom is 0.364 e. The molecule has 0 amide bonds. The minimum Gasteiger partial charge on any atom is -0.353 e. The highest BCUT2D eigenvalue weighted by Crippen LogP contribution is 2.12. The lowest BCUT2D eigenvalue weighted by Gasteiger charge is -2.16. The van der Waals surface area contributed by atoms with E-state index >= 15 is 0 Å². The summed E-state index contributed by atoms with van der Waals surface area (Å²) in [5.74, 6) is 0. The average molecular weight is 371 g/mol. The largest absolute Gasteiger partial charge is 0.364 e. The molecular weight excluding hydrogens is 329 g/mol. The Balaban J connectivity index is 3.35. The van der Waals surface area contributed by atoms with Crippen molar-refractivity contribution in [3.8, 4) is 0 Å². The van der Waals surface area contributed by atoms with E-state index in [9.17, 15) is 0 Å². The molecule has 0 aliphatic heterocycles. The molecule has 0 fully saturated rings. The summed E-state index contributed by atoms with van der Waals surface area (Å²) in [5, 5.41) is 0. The fraction of sp³-hybridized carbons (Fsp3) is 1.00. The summed E-state index contributed by atoms with van der Waals surface area (Å²) in [4.78, 5) is 0. The molecule has 0 saturated heterocycles. The van der Waals surface area contributed by atoms with Gasteiger partial charge in [0.05, 0.1) is 0 Å². The van der Waals surface area contributed by atoms with Gasteiger partial charge in [0.2, 0.25) is 0 Å². The van der Waals surface area contributed by atoms with Gasteiger partial charge in [-0.3, -0.25) is 0 Å². The Bertz CT molecular complexity index is 218. The molecule has 148 valence electrons. The van der Waals surface area contributed by atoms with E-state index in [4.69, 9.17) is 18.9 Å². The number of hydrogen-bond acceptors (Lipinski definition) is 4. The van der Waals surface area contributed by atoms with Crippen LogP contribution in [0.2, 0.25) is 9.10 Å². The fourth-order valence-electron chi connectivity index (χ4n) is 3.03. The third-order valence-corrected chi connectivity index (χ3v) is 6.29. The molecule has 0 bridgehead atoms. The quantitative estimate of drug-likeness (QED) is 0.162. The van der Waals surface area contributed by atoms with Crippen molar-refractivity contribution >= 4 is 20.4 Å². The zero-order chi connectivity index (χ0) is 18.6. The highest BCUT2D eigenvalue weighted by atomic mass is 24.5. The van der Waals surface area contributed by atoms with Gasteiger partial charge in [-0.05, 0) is 53.4 Å². The van der Waals surface area contributed by atoms with Gasteiger partial charge in [0.25, 0.3) is 0 Å². The molecule has 25 heavy (non-hydrogen) atoms. The van der Waals surface area contributed by atoms with Crippen molar-refractivity contribution in [1.82, 2.24) is 0 Å². The van der Waals surface area contributed by atoms with Crippen LogP contribution in [0.1, 0.15) is 79.1 Å². The number of rotatable bonds is 20.